The number of halogens is 5. The minimum atomic E-state index is -4.60. The Labute approximate surface area is 234 Å². The zero-order valence-electron chi connectivity index (χ0n) is 21.2. The molecule has 5 nitrogen and oxygen atoms in total. The summed E-state index contributed by atoms with van der Waals surface area (Å²) < 4.78 is 46.7. The molecule has 0 aliphatic heterocycles. The highest BCUT2D eigenvalue weighted by molar-refractivity contribution is 6.35. The number of amides is 1. The summed E-state index contributed by atoms with van der Waals surface area (Å²) >= 11 is 12.5. The number of alkyl halides is 3. The molecule has 1 aliphatic carbocycles. The molecular weight excluding hydrogens is 554 g/mol. The molecule has 0 atom stereocenters. The van der Waals surface area contributed by atoms with Crippen molar-refractivity contribution in [3.63, 3.8) is 0 Å². The molecule has 0 aromatic heterocycles. The van der Waals surface area contributed by atoms with Crippen LogP contribution in [0.2, 0.25) is 10.0 Å². The predicted molar refractivity (Wildman–Crippen MR) is 143 cm³/mol. The lowest BCUT2D eigenvalue weighted by atomic mass is 9.92. The minimum Gasteiger partial charge on any atom is -0.496 e. The summed E-state index contributed by atoms with van der Waals surface area (Å²) in [5, 5.41) is 10.0. The second-order valence-electron chi connectivity index (χ2n) is 9.50. The van der Waals surface area contributed by atoms with Gasteiger partial charge < -0.3 is 14.7 Å². The zero-order valence-corrected chi connectivity index (χ0v) is 22.8. The number of carboxylic acid groups (broad SMARTS) is 1. The van der Waals surface area contributed by atoms with Gasteiger partial charge in [0, 0.05) is 28.7 Å². The maximum Gasteiger partial charge on any atom is 0.416 e. The summed E-state index contributed by atoms with van der Waals surface area (Å²) in [7, 11) is 1.42. The van der Waals surface area contributed by atoms with Gasteiger partial charge >= 0.3 is 12.1 Å². The van der Waals surface area contributed by atoms with E-state index in [4.69, 9.17) is 27.9 Å². The highest BCUT2D eigenvalue weighted by atomic mass is 35.5. The number of aliphatic carboxylic acids is 1. The number of carbonyl (C=O) groups is 2. The highest BCUT2D eigenvalue weighted by Crippen LogP contribution is 2.52. The van der Waals surface area contributed by atoms with Gasteiger partial charge in [0.1, 0.15) is 5.75 Å². The van der Waals surface area contributed by atoms with Crippen molar-refractivity contribution in [1.82, 2.24) is 4.90 Å². The third-order valence-electron chi connectivity index (χ3n) is 6.98. The number of hydrogen-bond donors (Lipinski definition) is 1. The fourth-order valence-corrected chi connectivity index (χ4v) is 5.44. The third-order valence-corrected chi connectivity index (χ3v) is 7.53. The average molecular weight is 580 g/mol. The van der Waals surface area contributed by atoms with Crippen LogP contribution in [0.25, 0.3) is 11.1 Å². The van der Waals surface area contributed by atoms with Crippen LogP contribution in [0.3, 0.4) is 0 Å². The van der Waals surface area contributed by atoms with E-state index in [1.54, 1.807) is 43.3 Å². The van der Waals surface area contributed by atoms with Gasteiger partial charge in [0.15, 0.2) is 0 Å². The lowest BCUT2D eigenvalue weighted by Crippen LogP contribution is -2.39. The van der Waals surface area contributed by atoms with Crippen molar-refractivity contribution >= 4 is 35.1 Å². The van der Waals surface area contributed by atoms with E-state index in [0.29, 0.717) is 50.9 Å². The summed E-state index contributed by atoms with van der Waals surface area (Å²) in [5.41, 5.74) is 0.485. The molecular formula is C29H26Cl2F3NO4. The summed E-state index contributed by atoms with van der Waals surface area (Å²) in [6.45, 7) is 1.91. The first-order valence-electron chi connectivity index (χ1n) is 12.2. The number of benzene rings is 3. The van der Waals surface area contributed by atoms with E-state index in [9.17, 15) is 27.9 Å². The standard InChI is InChI=1S/C29H26Cl2F3NO4/c1-3-35(27(38)28(10-11-28)23-8-6-20(30)15-24(23)31)16-18-14-19(29(32,33)34)5-7-21(18)22-12-17(13-26(36)37)4-9-25(22)39-2/h4-9,12,14-15H,3,10-11,13,16H2,1-2H3,(H,36,37). The Balaban J connectivity index is 1.78. The molecule has 0 spiro atoms. The number of nitrogens with zero attached hydrogens (tertiary/aromatic N) is 1. The number of ether oxygens (including phenoxy) is 1. The lowest BCUT2D eigenvalue weighted by Gasteiger charge is -2.28. The molecule has 3 aromatic carbocycles. The molecule has 0 bridgehead atoms. The molecule has 0 saturated heterocycles. The zero-order chi connectivity index (χ0) is 28.5. The minimum absolute atomic E-state index is 0.103. The van der Waals surface area contributed by atoms with Gasteiger partial charge in [-0.25, -0.2) is 0 Å². The van der Waals surface area contributed by atoms with Crippen molar-refractivity contribution in [2.75, 3.05) is 13.7 Å². The third kappa shape index (κ3) is 6.02. The van der Waals surface area contributed by atoms with E-state index >= 15 is 0 Å². The molecule has 1 saturated carbocycles. The lowest BCUT2D eigenvalue weighted by molar-refractivity contribution is -0.138. The fourth-order valence-electron chi connectivity index (χ4n) is 4.85. The second kappa shape index (κ2) is 11.1. The Kier molecular flexibility index (Phi) is 8.19. The Morgan fingerprint density at radius 2 is 1.74 bits per heavy atom. The molecule has 0 radical (unpaired) electrons. The summed E-state index contributed by atoms with van der Waals surface area (Å²) in [6.07, 6.45) is -3.75. The predicted octanol–water partition coefficient (Wildman–Crippen LogP) is 7.40. The van der Waals surface area contributed by atoms with Crippen molar-refractivity contribution in [2.24, 2.45) is 0 Å². The van der Waals surface area contributed by atoms with E-state index in [0.717, 1.165) is 12.1 Å². The Bertz CT molecular complexity index is 1420. The Hall–Kier alpha value is -3.23. The number of methoxy groups -OCH3 is 1. The Morgan fingerprint density at radius 3 is 2.31 bits per heavy atom. The smallest absolute Gasteiger partial charge is 0.416 e. The molecule has 1 aliphatic rings. The van der Waals surface area contributed by atoms with Crippen LogP contribution in [-0.4, -0.2) is 35.5 Å². The number of carbonyl (C=O) groups excluding carboxylic acids is 1. The Morgan fingerprint density at radius 1 is 1.03 bits per heavy atom. The van der Waals surface area contributed by atoms with Crippen LogP contribution in [0.4, 0.5) is 13.2 Å². The fraction of sp³-hybridized carbons (Fsp3) is 0.310. The first-order valence-corrected chi connectivity index (χ1v) is 13.0. The van der Waals surface area contributed by atoms with Gasteiger partial charge in [-0.15, -0.1) is 0 Å². The van der Waals surface area contributed by atoms with E-state index in [1.165, 1.54) is 18.1 Å². The molecule has 39 heavy (non-hydrogen) atoms. The maximum atomic E-state index is 13.9. The van der Waals surface area contributed by atoms with Crippen molar-refractivity contribution in [3.05, 3.63) is 86.9 Å². The van der Waals surface area contributed by atoms with Crippen molar-refractivity contribution < 1.29 is 32.6 Å². The molecule has 10 heteroatoms. The van der Waals surface area contributed by atoms with Crippen LogP contribution in [0.1, 0.15) is 42.0 Å². The number of rotatable bonds is 9. The van der Waals surface area contributed by atoms with Gasteiger partial charge in [-0.1, -0.05) is 41.4 Å². The van der Waals surface area contributed by atoms with Crippen LogP contribution in [0.15, 0.2) is 54.6 Å². The van der Waals surface area contributed by atoms with Crippen molar-refractivity contribution in [3.8, 4) is 16.9 Å². The molecule has 1 fully saturated rings. The second-order valence-corrected chi connectivity index (χ2v) is 10.3. The van der Waals surface area contributed by atoms with Crippen molar-refractivity contribution in [1.29, 1.82) is 0 Å². The molecule has 1 amide bonds. The van der Waals surface area contributed by atoms with E-state index in [2.05, 4.69) is 0 Å². The number of hydrogen-bond acceptors (Lipinski definition) is 3. The van der Waals surface area contributed by atoms with Crippen LogP contribution < -0.4 is 4.74 Å². The molecule has 4 rings (SSSR count). The molecule has 0 unspecified atom stereocenters. The van der Waals surface area contributed by atoms with E-state index in [-0.39, 0.29) is 31.0 Å². The molecule has 3 aromatic rings. The van der Waals surface area contributed by atoms with Crippen LogP contribution in [0, 0.1) is 0 Å². The van der Waals surface area contributed by atoms with Gasteiger partial charge in [0.2, 0.25) is 5.91 Å². The van der Waals surface area contributed by atoms with E-state index in [1.807, 2.05) is 0 Å². The van der Waals surface area contributed by atoms with Crippen LogP contribution in [-0.2, 0) is 34.1 Å². The number of carboxylic acids is 1. The first kappa shape index (κ1) is 28.8. The van der Waals surface area contributed by atoms with Crippen LogP contribution in [0.5, 0.6) is 5.75 Å². The van der Waals surface area contributed by atoms with Gasteiger partial charge in [0.25, 0.3) is 0 Å². The van der Waals surface area contributed by atoms with Gasteiger partial charge in [0.05, 0.1) is 24.5 Å². The van der Waals surface area contributed by atoms with Gasteiger partial charge in [-0.2, -0.15) is 13.2 Å². The first-order chi connectivity index (χ1) is 18.4. The van der Waals surface area contributed by atoms with Gasteiger partial charge in [-0.05, 0) is 78.4 Å². The normalized spacial score (nSPS) is 14.1. The summed E-state index contributed by atoms with van der Waals surface area (Å²) in [4.78, 5) is 26.7. The molecule has 206 valence electrons. The highest BCUT2D eigenvalue weighted by Gasteiger charge is 2.54. The monoisotopic (exact) mass is 579 g/mol. The maximum absolute atomic E-state index is 13.9. The van der Waals surface area contributed by atoms with Crippen LogP contribution >= 0.6 is 23.2 Å². The summed E-state index contributed by atoms with van der Waals surface area (Å²) in [6, 6.07) is 13.1. The molecule has 0 heterocycles. The molecule has 1 N–H and O–H groups in total. The SMILES string of the molecule is CCN(Cc1cc(C(F)(F)F)ccc1-c1cc(CC(=O)O)ccc1OC)C(=O)C1(c2ccc(Cl)cc2Cl)CC1. The quantitative estimate of drug-likeness (QED) is 0.287. The number of likely N-dealkylation sites (N-methyl/N-ethyl adjacent to an activating group) is 1. The van der Waals surface area contributed by atoms with E-state index < -0.39 is 23.1 Å². The largest absolute Gasteiger partial charge is 0.496 e. The van der Waals surface area contributed by atoms with Crippen molar-refractivity contribution in [2.45, 2.75) is 44.3 Å². The average Bonchev–Trinajstić information content (AvgIpc) is 3.67. The summed E-state index contributed by atoms with van der Waals surface area (Å²) in [5.74, 6) is -0.910. The van der Waals surface area contributed by atoms with Gasteiger partial charge in [-0.3, -0.25) is 9.59 Å². The topological polar surface area (TPSA) is 66.8 Å².